The fourth-order valence-corrected chi connectivity index (χ4v) is 0.916. The van der Waals surface area contributed by atoms with Crippen molar-refractivity contribution >= 4 is 6.08 Å². The molecule has 0 spiro atoms. The van der Waals surface area contributed by atoms with Crippen molar-refractivity contribution in [2.24, 2.45) is 0 Å². The minimum absolute atomic E-state index is 0.435. The standard InChI is InChI=1S/C11H15N/c1-10(12-2)8-9-11-6-4-3-5-7-11/h3-10,12H,1-2H3. The van der Waals surface area contributed by atoms with Crippen molar-refractivity contribution in [1.82, 2.24) is 5.32 Å². The third-order valence-corrected chi connectivity index (χ3v) is 1.83. The first-order chi connectivity index (χ1) is 5.83. The van der Waals surface area contributed by atoms with Crippen molar-refractivity contribution in [1.29, 1.82) is 0 Å². The Kier molecular flexibility index (Phi) is 3.55. The summed E-state index contributed by atoms with van der Waals surface area (Å²) in [6, 6.07) is 10.7. The van der Waals surface area contributed by atoms with Gasteiger partial charge in [-0.2, -0.15) is 0 Å². The first-order valence-electron chi connectivity index (χ1n) is 4.23. The van der Waals surface area contributed by atoms with E-state index in [1.165, 1.54) is 5.56 Å². The van der Waals surface area contributed by atoms with E-state index >= 15 is 0 Å². The fourth-order valence-electron chi connectivity index (χ4n) is 0.916. The number of nitrogens with one attached hydrogen (secondary N) is 1. The molecule has 0 aliphatic heterocycles. The first kappa shape index (κ1) is 9.01. The molecule has 0 saturated carbocycles. The van der Waals surface area contributed by atoms with Crippen LogP contribution in [0, 0.1) is 0 Å². The van der Waals surface area contributed by atoms with Crippen LogP contribution in [0.15, 0.2) is 36.4 Å². The molecule has 1 nitrogen and oxygen atoms in total. The van der Waals surface area contributed by atoms with Crippen molar-refractivity contribution in [2.75, 3.05) is 7.05 Å². The molecule has 1 N–H and O–H groups in total. The average molecular weight is 161 g/mol. The maximum absolute atomic E-state index is 3.15. The predicted octanol–water partition coefficient (Wildman–Crippen LogP) is 2.31. The number of benzene rings is 1. The maximum Gasteiger partial charge on any atom is 0.0221 e. The van der Waals surface area contributed by atoms with Crippen LogP contribution in [0.5, 0.6) is 0 Å². The lowest BCUT2D eigenvalue weighted by molar-refractivity contribution is 0.731. The quantitative estimate of drug-likeness (QED) is 0.717. The van der Waals surface area contributed by atoms with Crippen molar-refractivity contribution in [3.8, 4) is 0 Å². The van der Waals surface area contributed by atoms with E-state index in [0.717, 1.165) is 0 Å². The summed E-state index contributed by atoms with van der Waals surface area (Å²) in [7, 11) is 1.96. The summed E-state index contributed by atoms with van der Waals surface area (Å²) in [5, 5.41) is 3.15. The normalized spacial score (nSPS) is 13.5. The Labute approximate surface area is 74.1 Å². The molecule has 1 heteroatoms. The van der Waals surface area contributed by atoms with Gasteiger partial charge in [-0.15, -0.1) is 0 Å². The monoisotopic (exact) mass is 161 g/mol. The van der Waals surface area contributed by atoms with Crippen molar-refractivity contribution in [3.05, 3.63) is 42.0 Å². The second-order valence-corrected chi connectivity index (χ2v) is 2.85. The highest BCUT2D eigenvalue weighted by atomic mass is 14.8. The summed E-state index contributed by atoms with van der Waals surface area (Å²) in [6.07, 6.45) is 4.27. The van der Waals surface area contributed by atoms with Crippen molar-refractivity contribution < 1.29 is 0 Å². The van der Waals surface area contributed by atoms with Gasteiger partial charge in [-0.3, -0.25) is 0 Å². The predicted molar refractivity (Wildman–Crippen MR) is 54.0 cm³/mol. The van der Waals surface area contributed by atoms with Gasteiger partial charge in [0, 0.05) is 6.04 Å². The second-order valence-electron chi connectivity index (χ2n) is 2.85. The summed E-state index contributed by atoms with van der Waals surface area (Å²) in [4.78, 5) is 0. The third kappa shape index (κ3) is 2.89. The van der Waals surface area contributed by atoms with Crippen molar-refractivity contribution in [2.45, 2.75) is 13.0 Å². The average Bonchev–Trinajstić information content (AvgIpc) is 2.16. The Balaban J connectivity index is 2.58. The number of likely N-dealkylation sites (N-methyl/N-ethyl adjacent to an activating group) is 1. The highest BCUT2D eigenvalue weighted by molar-refractivity contribution is 5.49. The van der Waals surface area contributed by atoms with Crippen LogP contribution in [0.4, 0.5) is 0 Å². The van der Waals surface area contributed by atoms with Gasteiger partial charge >= 0.3 is 0 Å². The van der Waals surface area contributed by atoms with Gasteiger partial charge in [-0.1, -0.05) is 42.5 Å². The molecule has 64 valence electrons. The smallest absolute Gasteiger partial charge is 0.0221 e. The minimum Gasteiger partial charge on any atom is -0.314 e. The molecule has 0 aromatic heterocycles. The first-order valence-corrected chi connectivity index (χ1v) is 4.23. The summed E-state index contributed by atoms with van der Waals surface area (Å²) >= 11 is 0. The van der Waals surface area contributed by atoms with Gasteiger partial charge in [0.05, 0.1) is 0 Å². The molecule has 0 fully saturated rings. The Bertz CT molecular complexity index is 238. The van der Waals surface area contributed by atoms with E-state index < -0.39 is 0 Å². The molecule has 12 heavy (non-hydrogen) atoms. The van der Waals surface area contributed by atoms with E-state index in [-0.39, 0.29) is 0 Å². The molecular formula is C11H15N. The molecule has 0 amide bonds. The Morgan fingerprint density at radius 3 is 2.50 bits per heavy atom. The molecule has 1 rings (SSSR count). The number of hydrogen-bond donors (Lipinski definition) is 1. The molecule has 0 aliphatic rings. The lowest BCUT2D eigenvalue weighted by Crippen LogP contribution is -2.17. The highest BCUT2D eigenvalue weighted by Gasteiger charge is 1.88. The summed E-state index contributed by atoms with van der Waals surface area (Å²) < 4.78 is 0. The lowest BCUT2D eigenvalue weighted by atomic mass is 10.2. The lowest BCUT2D eigenvalue weighted by Gasteiger charge is -2.01. The second kappa shape index (κ2) is 4.73. The highest BCUT2D eigenvalue weighted by Crippen LogP contribution is 2.01. The fraction of sp³-hybridized carbons (Fsp3) is 0.273. The zero-order chi connectivity index (χ0) is 8.81. The molecule has 1 atom stereocenters. The topological polar surface area (TPSA) is 12.0 Å². The van der Waals surface area contributed by atoms with E-state index in [1.54, 1.807) is 0 Å². The Hall–Kier alpha value is -1.08. The molecule has 0 radical (unpaired) electrons. The maximum atomic E-state index is 3.15. The van der Waals surface area contributed by atoms with Gasteiger partial charge in [0.1, 0.15) is 0 Å². The third-order valence-electron chi connectivity index (χ3n) is 1.83. The van der Waals surface area contributed by atoms with Crippen LogP contribution in [0.2, 0.25) is 0 Å². The minimum atomic E-state index is 0.435. The van der Waals surface area contributed by atoms with Crippen LogP contribution in [0.1, 0.15) is 12.5 Å². The zero-order valence-corrected chi connectivity index (χ0v) is 7.62. The molecule has 1 aromatic carbocycles. The van der Waals surface area contributed by atoms with Crippen LogP contribution < -0.4 is 5.32 Å². The molecule has 1 aromatic rings. The van der Waals surface area contributed by atoms with Crippen LogP contribution in [0.3, 0.4) is 0 Å². The van der Waals surface area contributed by atoms with Gasteiger partial charge in [0.25, 0.3) is 0 Å². The summed E-state index contributed by atoms with van der Waals surface area (Å²) in [5.74, 6) is 0. The summed E-state index contributed by atoms with van der Waals surface area (Å²) in [5.41, 5.74) is 1.25. The van der Waals surface area contributed by atoms with E-state index in [4.69, 9.17) is 0 Å². The van der Waals surface area contributed by atoms with Gasteiger partial charge in [-0.25, -0.2) is 0 Å². The van der Waals surface area contributed by atoms with E-state index in [0.29, 0.717) is 6.04 Å². The van der Waals surface area contributed by atoms with Crippen LogP contribution in [-0.2, 0) is 0 Å². The van der Waals surface area contributed by atoms with E-state index in [2.05, 4.69) is 36.5 Å². The van der Waals surface area contributed by atoms with Gasteiger partial charge in [-0.05, 0) is 19.5 Å². The molecule has 0 bridgehead atoms. The number of hydrogen-bond acceptors (Lipinski definition) is 1. The molecule has 0 saturated heterocycles. The van der Waals surface area contributed by atoms with Gasteiger partial charge < -0.3 is 5.32 Å². The molecule has 0 aliphatic carbocycles. The number of rotatable bonds is 3. The van der Waals surface area contributed by atoms with Crippen molar-refractivity contribution in [3.63, 3.8) is 0 Å². The Morgan fingerprint density at radius 1 is 1.25 bits per heavy atom. The van der Waals surface area contributed by atoms with Gasteiger partial charge in [0.15, 0.2) is 0 Å². The molecular weight excluding hydrogens is 146 g/mol. The molecule has 0 heterocycles. The Morgan fingerprint density at radius 2 is 1.92 bits per heavy atom. The van der Waals surface area contributed by atoms with E-state index in [1.807, 2.05) is 25.2 Å². The largest absolute Gasteiger partial charge is 0.314 e. The zero-order valence-electron chi connectivity index (χ0n) is 7.62. The molecule has 1 unspecified atom stereocenters. The van der Waals surface area contributed by atoms with Crippen LogP contribution in [0.25, 0.3) is 6.08 Å². The summed E-state index contributed by atoms with van der Waals surface area (Å²) in [6.45, 7) is 2.12. The van der Waals surface area contributed by atoms with Gasteiger partial charge in [0.2, 0.25) is 0 Å². The van der Waals surface area contributed by atoms with Crippen LogP contribution >= 0.6 is 0 Å². The van der Waals surface area contributed by atoms with Crippen LogP contribution in [-0.4, -0.2) is 13.1 Å². The van der Waals surface area contributed by atoms with E-state index in [9.17, 15) is 0 Å². The SMILES string of the molecule is CNC(C)C=Cc1ccccc1.